The third-order valence-electron chi connectivity index (χ3n) is 7.43. The maximum absolute atomic E-state index is 14.6. The van der Waals surface area contributed by atoms with Crippen molar-refractivity contribution in [2.75, 3.05) is 10.6 Å². The summed E-state index contributed by atoms with van der Waals surface area (Å²) >= 11 is 5.78. The van der Waals surface area contributed by atoms with Gasteiger partial charge in [-0.25, -0.2) is 18.7 Å². The standard InChI is InChI=1S/C24H28ClF2N7O2/c1-24(21(28)36)6-4-14(5-7-24)34-20-18(11-29-22(33-20)30-13-2-3-15(35)10-13)31-23(34)32-19-16(26)8-12(25)9-17(19)27/h8-9,11,13-15,35H,2-7,10H2,1H3,(H2,28,36)(H,31,32)(H,29,30,33)/t13-,14-,15-,24-/m0/s1. The Bertz CT molecular complexity index is 1290. The molecule has 9 nitrogen and oxygen atoms in total. The Morgan fingerprint density at radius 3 is 2.50 bits per heavy atom. The number of carbonyl (C=O) groups is 1. The predicted octanol–water partition coefficient (Wildman–Crippen LogP) is 4.43. The number of primary amides is 1. The minimum absolute atomic E-state index is 0.0506. The molecule has 192 valence electrons. The number of imidazole rings is 1. The molecule has 0 aliphatic heterocycles. The summed E-state index contributed by atoms with van der Waals surface area (Å²) in [6.07, 6.45) is 5.67. The van der Waals surface area contributed by atoms with Gasteiger partial charge in [0.05, 0.1) is 12.3 Å². The second kappa shape index (κ2) is 9.44. The van der Waals surface area contributed by atoms with Crippen LogP contribution in [-0.2, 0) is 4.79 Å². The van der Waals surface area contributed by atoms with Crippen molar-refractivity contribution in [3.8, 4) is 0 Å². The monoisotopic (exact) mass is 519 g/mol. The summed E-state index contributed by atoms with van der Waals surface area (Å²) in [4.78, 5) is 25.6. The van der Waals surface area contributed by atoms with Crippen LogP contribution in [0.1, 0.15) is 57.9 Å². The summed E-state index contributed by atoms with van der Waals surface area (Å²) in [6.45, 7) is 1.86. The first-order valence-electron chi connectivity index (χ1n) is 12.0. The van der Waals surface area contributed by atoms with Crippen molar-refractivity contribution in [2.45, 2.75) is 70.1 Å². The van der Waals surface area contributed by atoms with Gasteiger partial charge in [0.1, 0.15) is 11.2 Å². The molecule has 3 aromatic rings. The van der Waals surface area contributed by atoms with Gasteiger partial charge in [-0.3, -0.25) is 9.36 Å². The fourth-order valence-electron chi connectivity index (χ4n) is 5.18. The van der Waals surface area contributed by atoms with Crippen molar-refractivity contribution < 1.29 is 18.7 Å². The summed E-state index contributed by atoms with van der Waals surface area (Å²) in [5.74, 6) is -1.45. The number of nitrogens with one attached hydrogen (secondary N) is 2. The molecule has 2 atom stereocenters. The number of nitrogens with two attached hydrogens (primary N) is 1. The smallest absolute Gasteiger partial charge is 0.224 e. The van der Waals surface area contributed by atoms with Crippen molar-refractivity contribution in [2.24, 2.45) is 11.1 Å². The normalized spacial score (nSPS) is 26.3. The summed E-state index contributed by atoms with van der Waals surface area (Å²) in [6, 6.07) is 1.96. The van der Waals surface area contributed by atoms with E-state index in [-0.39, 0.29) is 40.8 Å². The van der Waals surface area contributed by atoms with Crippen LogP contribution in [0.25, 0.3) is 11.2 Å². The number of aromatic nitrogens is 4. The average molecular weight is 520 g/mol. The molecule has 2 saturated carbocycles. The molecule has 0 spiro atoms. The molecule has 2 aliphatic carbocycles. The summed E-state index contributed by atoms with van der Waals surface area (Å²) in [7, 11) is 0. The number of hydrogen-bond donors (Lipinski definition) is 4. The number of aliphatic hydroxyl groups excluding tert-OH is 1. The molecule has 2 heterocycles. The van der Waals surface area contributed by atoms with Gasteiger partial charge in [-0.15, -0.1) is 0 Å². The molecular formula is C24H28ClF2N7O2. The van der Waals surface area contributed by atoms with Gasteiger partial charge in [0.2, 0.25) is 17.8 Å². The molecule has 36 heavy (non-hydrogen) atoms. The molecule has 0 saturated heterocycles. The zero-order valence-corrected chi connectivity index (χ0v) is 20.5. The van der Waals surface area contributed by atoms with Crippen LogP contribution in [0.2, 0.25) is 5.02 Å². The van der Waals surface area contributed by atoms with E-state index in [1.807, 2.05) is 11.5 Å². The summed E-state index contributed by atoms with van der Waals surface area (Å²) in [5, 5.41) is 15.9. The number of anilines is 3. The summed E-state index contributed by atoms with van der Waals surface area (Å²) < 4.78 is 31.0. The molecule has 2 fully saturated rings. The Hall–Kier alpha value is -3.05. The van der Waals surface area contributed by atoms with E-state index in [1.165, 1.54) is 0 Å². The highest BCUT2D eigenvalue weighted by atomic mass is 35.5. The van der Waals surface area contributed by atoms with Crippen LogP contribution < -0.4 is 16.4 Å². The number of benzene rings is 1. The Morgan fingerprint density at radius 1 is 1.19 bits per heavy atom. The topological polar surface area (TPSA) is 131 Å². The van der Waals surface area contributed by atoms with Crippen molar-refractivity contribution in [1.29, 1.82) is 0 Å². The minimum Gasteiger partial charge on any atom is -0.393 e. The van der Waals surface area contributed by atoms with E-state index in [9.17, 15) is 18.7 Å². The predicted molar refractivity (Wildman–Crippen MR) is 132 cm³/mol. The quantitative estimate of drug-likeness (QED) is 0.379. The van der Waals surface area contributed by atoms with Crippen LogP contribution in [0, 0.1) is 17.0 Å². The molecule has 0 unspecified atom stereocenters. The second-order valence-corrected chi connectivity index (χ2v) is 10.5. The van der Waals surface area contributed by atoms with E-state index in [4.69, 9.17) is 17.3 Å². The number of rotatable bonds is 6. The van der Waals surface area contributed by atoms with E-state index in [2.05, 4.69) is 25.6 Å². The van der Waals surface area contributed by atoms with E-state index in [0.29, 0.717) is 55.6 Å². The highest BCUT2D eigenvalue weighted by Gasteiger charge is 2.38. The van der Waals surface area contributed by atoms with Gasteiger partial charge >= 0.3 is 0 Å². The van der Waals surface area contributed by atoms with Gasteiger partial charge in [0.15, 0.2) is 17.3 Å². The van der Waals surface area contributed by atoms with Crippen molar-refractivity contribution >= 4 is 46.3 Å². The minimum atomic E-state index is -0.850. The highest BCUT2D eigenvalue weighted by Crippen LogP contribution is 2.43. The lowest BCUT2D eigenvalue weighted by molar-refractivity contribution is -0.128. The van der Waals surface area contributed by atoms with E-state index >= 15 is 0 Å². The fourth-order valence-corrected chi connectivity index (χ4v) is 5.38. The van der Waals surface area contributed by atoms with Crippen LogP contribution in [0.5, 0.6) is 0 Å². The molecule has 0 radical (unpaired) electrons. The van der Waals surface area contributed by atoms with Gasteiger partial charge in [0.25, 0.3) is 0 Å². The lowest BCUT2D eigenvalue weighted by Crippen LogP contribution is -2.38. The average Bonchev–Trinajstić information content (AvgIpc) is 3.39. The molecule has 5 rings (SSSR count). The van der Waals surface area contributed by atoms with Crippen molar-refractivity contribution in [3.05, 3.63) is 35.0 Å². The van der Waals surface area contributed by atoms with E-state index < -0.39 is 17.0 Å². The Kier molecular flexibility index (Phi) is 6.46. The highest BCUT2D eigenvalue weighted by molar-refractivity contribution is 6.30. The molecular weight excluding hydrogens is 492 g/mol. The zero-order valence-electron chi connectivity index (χ0n) is 19.8. The molecule has 0 bridgehead atoms. The fraction of sp³-hybridized carbons (Fsp3) is 0.500. The van der Waals surface area contributed by atoms with Crippen LogP contribution in [0.3, 0.4) is 0 Å². The number of amides is 1. The largest absolute Gasteiger partial charge is 0.393 e. The van der Waals surface area contributed by atoms with E-state index in [1.54, 1.807) is 6.20 Å². The maximum Gasteiger partial charge on any atom is 0.224 e. The first-order valence-corrected chi connectivity index (χ1v) is 12.4. The molecule has 2 aliphatic rings. The number of aliphatic hydroxyl groups is 1. The second-order valence-electron chi connectivity index (χ2n) is 10.0. The Labute approximate surface area is 211 Å². The third kappa shape index (κ3) is 4.69. The zero-order chi connectivity index (χ0) is 25.6. The molecule has 2 aromatic heterocycles. The van der Waals surface area contributed by atoms with Crippen molar-refractivity contribution in [1.82, 2.24) is 19.5 Å². The first-order chi connectivity index (χ1) is 17.1. The Morgan fingerprint density at radius 2 is 1.89 bits per heavy atom. The number of nitrogens with zero attached hydrogens (tertiary/aromatic N) is 4. The van der Waals surface area contributed by atoms with Gasteiger partial charge in [-0.05, 0) is 57.1 Å². The number of halogens is 3. The van der Waals surface area contributed by atoms with Crippen LogP contribution in [-0.4, -0.2) is 42.7 Å². The lowest BCUT2D eigenvalue weighted by atomic mass is 9.73. The van der Waals surface area contributed by atoms with E-state index in [0.717, 1.165) is 18.6 Å². The number of fused-ring (bicyclic) bond motifs is 1. The number of hydrogen-bond acceptors (Lipinski definition) is 7. The molecule has 5 N–H and O–H groups in total. The molecule has 1 aromatic carbocycles. The Balaban J connectivity index is 1.53. The van der Waals surface area contributed by atoms with Gasteiger partial charge < -0.3 is 21.5 Å². The maximum atomic E-state index is 14.6. The van der Waals surface area contributed by atoms with Crippen LogP contribution >= 0.6 is 11.6 Å². The van der Waals surface area contributed by atoms with Crippen molar-refractivity contribution in [3.63, 3.8) is 0 Å². The van der Waals surface area contributed by atoms with Gasteiger partial charge in [-0.2, -0.15) is 4.98 Å². The SMILES string of the molecule is C[C@]1(C(N)=O)CC[C@H](n2c(Nc3c(F)cc(Cl)cc3F)nc3cnc(N[C@H]4CC[C@H](O)C4)nc32)CC1. The molecule has 12 heteroatoms. The first kappa shape index (κ1) is 24.6. The van der Waals surface area contributed by atoms with Gasteiger partial charge in [-0.1, -0.05) is 18.5 Å². The lowest BCUT2D eigenvalue weighted by Gasteiger charge is -2.35. The number of carbonyl (C=O) groups excluding carboxylic acids is 1. The van der Waals surface area contributed by atoms with Crippen LogP contribution in [0.4, 0.5) is 26.4 Å². The third-order valence-corrected chi connectivity index (χ3v) is 7.65. The molecule has 1 amide bonds. The van der Waals surface area contributed by atoms with Gasteiger partial charge in [0, 0.05) is 22.5 Å². The summed E-state index contributed by atoms with van der Waals surface area (Å²) in [5.41, 5.74) is 5.59. The van der Waals surface area contributed by atoms with Crippen LogP contribution in [0.15, 0.2) is 18.3 Å².